The summed E-state index contributed by atoms with van der Waals surface area (Å²) in [5, 5.41) is 0. The Morgan fingerprint density at radius 2 is 1.15 bits per heavy atom. The van der Waals surface area contributed by atoms with Crippen LogP contribution in [0.2, 0.25) is 0 Å². The molecule has 0 saturated carbocycles. The van der Waals surface area contributed by atoms with E-state index in [1.54, 1.807) is 0 Å². The molecule has 4 unspecified atom stereocenters. The van der Waals surface area contributed by atoms with Gasteiger partial charge in [0.05, 0.1) is 0 Å². The molecule has 0 aliphatic heterocycles. The molecular formula is C18H32N2. The SMILES string of the molecule is CCCC(C)C(N)c1ccccc1C(N)C(C)CCC. The molecule has 0 amide bonds. The molecule has 2 nitrogen and oxygen atoms in total. The highest BCUT2D eigenvalue weighted by Gasteiger charge is 2.22. The van der Waals surface area contributed by atoms with E-state index in [2.05, 4.69) is 52.0 Å². The van der Waals surface area contributed by atoms with E-state index in [1.807, 2.05) is 0 Å². The first-order valence-corrected chi connectivity index (χ1v) is 8.12. The van der Waals surface area contributed by atoms with Crippen molar-refractivity contribution in [3.63, 3.8) is 0 Å². The largest absolute Gasteiger partial charge is 0.324 e. The summed E-state index contributed by atoms with van der Waals surface area (Å²) in [6.07, 6.45) is 4.68. The number of hydrogen-bond acceptors (Lipinski definition) is 2. The first kappa shape index (κ1) is 17.2. The van der Waals surface area contributed by atoms with Crippen molar-refractivity contribution in [1.82, 2.24) is 0 Å². The highest BCUT2D eigenvalue weighted by molar-refractivity contribution is 5.33. The van der Waals surface area contributed by atoms with Crippen LogP contribution in [0.25, 0.3) is 0 Å². The van der Waals surface area contributed by atoms with Gasteiger partial charge in [-0.05, 0) is 35.8 Å². The Balaban J connectivity index is 2.98. The maximum absolute atomic E-state index is 6.48. The van der Waals surface area contributed by atoms with E-state index >= 15 is 0 Å². The van der Waals surface area contributed by atoms with Crippen molar-refractivity contribution in [2.24, 2.45) is 23.3 Å². The number of benzene rings is 1. The van der Waals surface area contributed by atoms with Gasteiger partial charge in [-0.3, -0.25) is 0 Å². The van der Waals surface area contributed by atoms with E-state index in [4.69, 9.17) is 11.5 Å². The summed E-state index contributed by atoms with van der Waals surface area (Å²) in [5.41, 5.74) is 15.4. The third-order valence-corrected chi connectivity index (χ3v) is 4.43. The zero-order chi connectivity index (χ0) is 15.1. The van der Waals surface area contributed by atoms with E-state index in [-0.39, 0.29) is 12.1 Å². The van der Waals surface area contributed by atoms with Gasteiger partial charge in [0.15, 0.2) is 0 Å². The molecule has 4 atom stereocenters. The molecule has 0 bridgehead atoms. The molecule has 0 spiro atoms. The Morgan fingerprint density at radius 1 is 0.800 bits per heavy atom. The third kappa shape index (κ3) is 4.32. The summed E-state index contributed by atoms with van der Waals surface area (Å²) in [6, 6.07) is 8.65. The molecule has 0 aliphatic rings. The average molecular weight is 276 g/mol. The first-order chi connectivity index (χ1) is 9.52. The van der Waals surface area contributed by atoms with Crippen molar-refractivity contribution in [1.29, 1.82) is 0 Å². The number of hydrogen-bond donors (Lipinski definition) is 2. The molecular weight excluding hydrogens is 244 g/mol. The number of nitrogens with two attached hydrogens (primary N) is 2. The van der Waals surface area contributed by atoms with Crippen molar-refractivity contribution in [3.05, 3.63) is 35.4 Å². The Kier molecular flexibility index (Phi) is 7.25. The summed E-state index contributed by atoms with van der Waals surface area (Å²) in [7, 11) is 0. The highest BCUT2D eigenvalue weighted by Crippen LogP contribution is 2.32. The van der Waals surface area contributed by atoms with Crippen molar-refractivity contribution in [2.45, 2.75) is 65.5 Å². The van der Waals surface area contributed by atoms with Crippen LogP contribution in [0.15, 0.2) is 24.3 Å². The van der Waals surface area contributed by atoms with Gasteiger partial charge in [0.2, 0.25) is 0 Å². The fourth-order valence-corrected chi connectivity index (χ4v) is 3.00. The lowest BCUT2D eigenvalue weighted by atomic mass is 9.83. The van der Waals surface area contributed by atoms with E-state index in [9.17, 15) is 0 Å². The van der Waals surface area contributed by atoms with Crippen LogP contribution in [0, 0.1) is 11.8 Å². The fraction of sp³-hybridized carbons (Fsp3) is 0.667. The van der Waals surface area contributed by atoms with Crippen LogP contribution in [0.3, 0.4) is 0 Å². The minimum atomic E-state index is 0.0889. The second-order valence-corrected chi connectivity index (χ2v) is 6.21. The molecule has 2 heteroatoms. The normalized spacial score (nSPS) is 17.5. The van der Waals surface area contributed by atoms with Gasteiger partial charge in [-0.2, -0.15) is 0 Å². The lowest BCUT2D eigenvalue weighted by Crippen LogP contribution is -2.26. The summed E-state index contributed by atoms with van der Waals surface area (Å²) in [6.45, 7) is 8.91. The van der Waals surface area contributed by atoms with Gasteiger partial charge < -0.3 is 11.5 Å². The van der Waals surface area contributed by atoms with Gasteiger partial charge in [0.25, 0.3) is 0 Å². The molecule has 4 N–H and O–H groups in total. The second kappa shape index (κ2) is 8.43. The van der Waals surface area contributed by atoms with Crippen LogP contribution in [0.5, 0.6) is 0 Å². The Morgan fingerprint density at radius 3 is 1.45 bits per heavy atom. The quantitative estimate of drug-likeness (QED) is 0.731. The van der Waals surface area contributed by atoms with Gasteiger partial charge in [-0.15, -0.1) is 0 Å². The molecule has 1 rings (SSSR count). The van der Waals surface area contributed by atoms with Crippen molar-refractivity contribution in [3.8, 4) is 0 Å². The van der Waals surface area contributed by atoms with Crippen LogP contribution in [0.4, 0.5) is 0 Å². The maximum atomic E-state index is 6.48. The summed E-state index contributed by atoms with van der Waals surface area (Å²) >= 11 is 0. The standard InChI is InChI=1S/C18H32N2/c1-5-9-13(3)17(19)15-11-7-8-12-16(15)18(20)14(4)10-6-2/h7-8,11-14,17-18H,5-6,9-10,19-20H2,1-4H3. The van der Waals surface area contributed by atoms with Gasteiger partial charge >= 0.3 is 0 Å². The lowest BCUT2D eigenvalue weighted by molar-refractivity contribution is 0.408. The molecule has 0 saturated heterocycles. The topological polar surface area (TPSA) is 52.0 Å². The summed E-state index contributed by atoms with van der Waals surface area (Å²) < 4.78 is 0. The Bertz CT molecular complexity index is 352. The predicted molar refractivity (Wildman–Crippen MR) is 88.4 cm³/mol. The van der Waals surface area contributed by atoms with Gasteiger partial charge in [0.1, 0.15) is 0 Å². The van der Waals surface area contributed by atoms with E-state index < -0.39 is 0 Å². The first-order valence-electron chi connectivity index (χ1n) is 8.12. The van der Waals surface area contributed by atoms with Crippen LogP contribution in [-0.4, -0.2) is 0 Å². The molecule has 1 aromatic rings. The summed E-state index contributed by atoms with van der Waals surface area (Å²) in [5.74, 6) is 0.990. The van der Waals surface area contributed by atoms with Crippen molar-refractivity contribution < 1.29 is 0 Å². The zero-order valence-corrected chi connectivity index (χ0v) is 13.6. The molecule has 0 aromatic heterocycles. The molecule has 20 heavy (non-hydrogen) atoms. The molecule has 0 heterocycles. The van der Waals surface area contributed by atoms with E-state index in [0.29, 0.717) is 11.8 Å². The van der Waals surface area contributed by atoms with E-state index in [1.165, 1.54) is 24.0 Å². The molecule has 0 radical (unpaired) electrons. The van der Waals surface area contributed by atoms with Crippen LogP contribution in [-0.2, 0) is 0 Å². The third-order valence-electron chi connectivity index (χ3n) is 4.43. The molecule has 114 valence electrons. The van der Waals surface area contributed by atoms with Crippen LogP contribution >= 0.6 is 0 Å². The van der Waals surface area contributed by atoms with Crippen molar-refractivity contribution >= 4 is 0 Å². The Labute approximate surface area is 124 Å². The van der Waals surface area contributed by atoms with E-state index in [0.717, 1.165) is 12.8 Å². The maximum Gasteiger partial charge on any atom is 0.0324 e. The predicted octanol–water partition coefficient (Wildman–Crippen LogP) is 4.56. The minimum Gasteiger partial charge on any atom is -0.324 e. The zero-order valence-electron chi connectivity index (χ0n) is 13.6. The van der Waals surface area contributed by atoms with Gasteiger partial charge in [-0.25, -0.2) is 0 Å². The summed E-state index contributed by atoms with van der Waals surface area (Å²) in [4.78, 5) is 0. The van der Waals surface area contributed by atoms with Crippen LogP contribution < -0.4 is 11.5 Å². The Hall–Kier alpha value is -0.860. The van der Waals surface area contributed by atoms with Gasteiger partial charge in [0, 0.05) is 12.1 Å². The van der Waals surface area contributed by atoms with Crippen LogP contribution in [0.1, 0.15) is 76.6 Å². The van der Waals surface area contributed by atoms with Gasteiger partial charge in [-0.1, -0.05) is 64.8 Å². The lowest BCUT2D eigenvalue weighted by Gasteiger charge is -2.27. The fourth-order valence-electron chi connectivity index (χ4n) is 3.00. The number of rotatable bonds is 8. The minimum absolute atomic E-state index is 0.0889. The highest BCUT2D eigenvalue weighted by atomic mass is 14.7. The van der Waals surface area contributed by atoms with Crippen molar-refractivity contribution in [2.75, 3.05) is 0 Å². The average Bonchev–Trinajstić information content (AvgIpc) is 2.46. The molecule has 0 fully saturated rings. The molecule has 0 aliphatic carbocycles. The smallest absolute Gasteiger partial charge is 0.0324 e. The second-order valence-electron chi connectivity index (χ2n) is 6.21. The monoisotopic (exact) mass is 276 g/mol. The molecule has 1 aromatic carbocycles.